The lowest BCUT2D eigenvalue weighted by Gasteiger charge is -2.11. The Kier molecular flexibility index (Phi) is 5.53. The van der Waals surface area contributed by atoms with Crippen molar-refractivity contribution in [2.24, 2.45) is 14.1 Å². The molecular formula is C21H19BrClN5O2. The highest BCUT2D eigenvalue weighted by Gasteiger charge is 2.19. The lowest BCUT2D eigenvalue weighted by Crippen LogP contribution is -2.37. The van der Waals surface area contributed by atoms with Gasteiger partial charge in [0.25, 0.3) is 5.56 Å². The second kappa shape index (κ2) is 8.12. The van der Waals surface area contributed by atoms with Crippen LogP contribution < -0.4 is 16.6 Å². The van der Waals surface area contributed by atoms with Gasteiger partial charge in [0.15, 0.2) is 11.2 Å². The molecule has 30 heavy (non-hydrogen) atoms. The van der Waals surface area contributed by atoms with Crippen LogP contribution in [0.25, 0.3) is 11.2 Å². The Morgan fingerprint density at radius 2 is 1.77 bits per heavy atom. The van der Waals surface area contributed by atoms with E-state index in [4.69, 9.17) is 11.6 Å². The number of benzene rings is 2. The molecule has 0 amide bonds. The number of rotatable bonds is 5. The normalized spacial score (nSPS) is 11.2. The smallest absolute Gasteiger partial charge is 0.332 e. The number of halogens is 2. The molecule has 2 aromatic carbocycles. The summed E-state index contributed by atoms with van der Waals surface area (Å²) in [6.45, 7) is 0.916. The molecule has 0 saturated carbocycles. The van der Waals surface area contributed by atoms with Crippen LogP contribution >= 0.6 is 27.5 Å². The zero-order valence-electron chi connectivity index (χ0n) is 16.4. The zero-order chi connectivity index (χ0) is 21.4. The molecule has 9 heteroatoms. The molecule has 4 rings (SSSR count). The van der Waals surface area contributed by atoms with E-state index in [1.165, 1.54) is 11.6 Å². The summed E-state index contributed by atoms with van der Waals surface area (Å²) < 4.78 is 5.25. The minimum atomic E-state index is -0.413. The molecule has 1 N–H and O–H groups in total. The largest absolute Gasteiger partial charge is 0.351 e. The summed E-state index contributed by atoms with van der Waals surface area (Å²) in [5.74, 6) is 0.512. The first kappa shape index (κ1) is 20.4. The predicted molar refractivity (Wildman–Crippen MR) is 122 cm³/mol. The second-order valence-electron chi connectivity index (χ2n) is 7.01. The molecule has 4 aromatic rings. The van der Waals surface area contributed by atoms with E-state index in [2.05, 4.69) is 26.2 Å². The molecule has 2 aromatic heterocycles. The van der Waals surface area contributed by atoms with E-state index < -0.39 is 5.69 Å². The molecule has 0 bridgehead atoms. The van der Waals surface area contributed by atoms with Crippen LogP contribution in [0, 0.1) is 0 Å². The number of hydrogen-bond acceptors (Lipinski definition) is 4. The molecule has 7 nitrogen and oxygen atoms in total. The maximum absolute atomic E-state index is 12.9. The van der Waals surface area contributed by atoms with E-state index >= 15 is 0 Å². The lowest BCUT2D eigenvalue weighted by atomic mass is 10.2. The topological polar surface area (TPSA) is 73.8 Å². The van der Waals surface area contributed by atoms with Gasteiger partial charge in [-0.3, -0.25) is 18.5 Å². The molecular weight excluding hydrogens is 470 g/mol. The van der Waals surface area contributed by atoms with Gasteiger partial charge in [-0.25, -0.2) is 4.79 Å². The van der Waals surface area contributed by atoms with Crippen molar-refractivity contribution in [2.75, 3.05) is 5.32 Å². The number of fused-ring (bicyclic) bond motifs is 1. The average Bonchev–Trinajstić information content (AvgIpc) is 3.08. The van der Waals surface area contributed by atoms with Gasteiger partial charge in [-0.2, -0.15) is 4.98 Å². The second-order valence-corrected chi connectivity index (χ2v) is 8.36. The average molecular weight is 489 g/mol. The SMILES string of the molecule is Cn1c(=O)c2c(nc(NCc3ccc(Cl)cc3)n2Cc2cccc(Br)c2)n(C)c1=O. The van der Waals surface area contributed by atoms with Gasteiger partial charge in [0.05, 0.1) is 6.54 Å². The van der Waals surface area contributed by atoms with Gasteiger partial charge in [-0.1, -0.05) is 51.8 Å². The van der Waals surface area contributed by atoms with Gasteiger partial charge >= 0.3 is 5.69 Å². The predicted octanol–water partition coefficient (Wildman–Crippen LogP) is 3.51. The maximum Gasteiger partial charge on any atom is 0.332 e. The highest BCUT2D eigenvalue weighted by molar-refractivity contribution is 9.10. The number of anilines is 1. The van der Waals surface area contributed by atoms with Crippen molar-refractivity contribution < 1.29 is 0 Å². The molecule has 0 unspecified atom stereocenters. The van der Waals surface area contributed by atoms with Crippen LogP contribution in [0.15, 0.2) is 62.6 Å². The number of nitrogens with one attached hydrogen (secondary N) is 1. The molecule has 0 saturated heterocycles. The Bertz CT molecular complexity index is 1360. The Morgan fingerprint density at radius 1 is 1.03 bits per heavy atom. The molecule has 0 aliphatic carbocycles. The highest BCUT2D eigenvalue weighted by Crippen LogP contribution is 2.20. The monoisotopic (exact) mass is 487 g/mol. The van der Waals surface area contributed by atoms with Crippen LogP contribution in [0.1, 0.15) is 11.1 Å². The fraction of sp³-hybridized carbons (Fsp3) is 0.190. The Labute approximate surface area is 185 Å². The van der Waals surface area contributed by atoms with Gasteiger partial charge < -0.3 is 5.32 Å². The summed E-state index contributed by atoms with van der Waals surface area (Å²) in [6, 6.07) is 15.3. The Balaban J connectivity index is 1.84. The number of nitrogens with zero attached hydrogens (tertiary/aromatic N) is 4. The summed E-state index contributed by atoms with van der Waals surface area (Å²) in [5, 5.41) is 3.97. The first-order valence-corrected chi connectivity index (χ1v) is 10.4. The van der Waals surface area contributed by atoms with Crippen molar-refractivity contribution in [1.82, 2.24) is 18.7 Å². The van der Waals surface area contributed by atoms with Crippen LogP contribution in [0.2, 0.25) is 5.02 Å². The van der Waals surface area contributed by atoms with E-state index in [9.17, 15) is 9.59 Å². The third kappa shape index (κ3) is 3.80. The molecule has 154 valence electrons. The quantitative estimate of drug-likeness (QED) is 0.467. The molecule has 0 radical (unpaired) electrons. The molecule has 0 atom stereocenters. The van der Waals surface area contributed by atoms with Gasteiger partial charge in [0.2, 0.25) is 5.95 Å². The highest BCUT2D eigenvalue weighted by atomic mass is 79.9. The first-order chi connectivity index (χ1) is 14.3. The summed E-state index contributed by atoms with van der Waals surface area (Å²) >= 11 is 9.45. The fourth-order valence-corrected chi connectivity index (χ4v) is 3.91. The van der Waals surface area contributed by atoms with E-state index in [1.807, 2.05) is 53.1 Å². The fourth-order valence-electron chi connectivity index (χ4n) is 3.34. The van der Waals surface area contributed by atoms with Crippen molar-refractivity contribution in [2.45, 2.75) is 13.1 Å². The van der Waals surface area contributed by atoms with Crippen LogP contribution in [0.3, 0.4) is 0 Å². The summed E-state index contributed by atoms with van der Waals surface area (Å²) in [6.07, 6.45) is 0. The first-order valence-electron chi connectivity index (χ1n) is 9.24. The van der Waals surface area contributed by atoms with Gasteiger partial charge in [0.1, 0.15) is 0 Å². The van der Waals surface area contributed by atoms with Crippen LogP contribution in [0.5, 0.6) is 0 Å². The van der Waals surface area contributed by atoms with Crippen molar-refractivity contribution in [3.8, 4) is 0 Å². The lowest BCUT2D eigenvalue weighted by molar-refractivity contribution is 0.702. The molecule has 0 aliphatic heterocycles. The van der Waals surface area contributed by atoms with Crippen molar-refractivity contribution >= 4 is 44.6 Å². The van der Waals surface area contributed by atoms with Crippen molar-refractivity contribution in [3.63, 3.8) is 0 Å². The number of hydrogen-bond donors (Lipinski definition) is 1. The third-order valence-corrected chi connectivity index (χ3v) is 5.69. The Morgan fingerprint density at radius 3 is 2.47 bits per heavy atom. The standard InChI is InChI=1S/C21H19BrClN5O2/c1-26-18-17(19(29)27(2)21(26)30)28(12-14-4-3-5-15(22)10-14)20(25-18)24-11-13-6-8-16(23)9-7-13/h3-10H,11-12H2,1-2H3,(H,24,25). The van der Waals surface area contributed by atoms with Crippen LogP contribution in [-0.4, -0.2) is 18.7 Å². The minimum Gasteiger partial charge on any atom is -0.351 e. The minimum absolute atomic E-state index is 0.344. The number of aromatic nitrogens is 4. The number of aryl methyl sites for hydroxylation is 1. The van der Waals surface area contributed by atoms with E-state index in [0.717, 1.165) is 20.2 Å². The third-order valence-electron chi connectivity index (χ3n) is 4.94. The van der Waals surface area contributed by atoms with Gasteiger partial charge in [-0.15, -0.1) is 0 Å². The molecule has 0 fully saturated rings. The molecule has 2 heterocycles. The number of imidazole rings is 1. The Hall–Kier alpha value is -2.84. The van der Waals surface area contributed by atoms with E-state index in [1.54, 1.807) is 7.05 Å². The van der Waals surface area contributed by atoms with E-state index in [-0.39, 0.29) is 5.56 Å². The van der Waals surface area contributed by atoms with E-state index in [0.29, 0.717) is 35.2 Å². The van der Waals surface area contributed by atoms with Crippen LogP contribution in [-0.2, 0) is 27.2 Å². The zero-order valence-corrected chi connectivity index (χ0v) is 18.7. The maximum atomic E-state index is 12.9. The van der Waals surface area contributed by atoms with Gasteiger partial charge in [-0.05, 0) is 35.4 Å². The van der Waals surface area contributed by atoms with Gasteiger partial charge in [0, 0.05) is 30.1 Å². The summed E-state index contributed by atoms with van der Waals surface area (Å²) in [4.78, 5) is 29.9. The summed E-state index contributed by atoms with van der Waals surface area (Å²) in [7, 11) is 3.09. The van der Waals surface area contributed by atoms with Crippen LogP contribution in [0.4, 0.5) is 5.95 Å². The molecule has 0 aliphatic rings. The van der Waals surface area contributed by atoms with Crippen molar-refractivity contribution in [1.29, 1.82) is 0 Å². The van der Waals surface area contributed by atoms with Crippen molar-refractivity contribution in [3.05, 3.63) is 90.0 Å². The summed E-state index contributed by atoms with van der Waals surface area (Å²) in [5.41, 5.74) is 1.94. The molecule has 0 spiro atoms.